The molecule has 0 saturated carbocycles. The smallest absolute Gasteiger partial charge is 0.306 e. The number of hydrogen-bond acceptors (Lipinski definition) is 15. The molecule has 4 unspecified atom stereocenters. The first-order chi connectivity index (χ1) is 33.5. The Labute approximate surface area is 414 Å². The Morgan fingerprint density at radius 3 is 1.43 bits per heavy atom. The summed E-state index contributed by atoms with van der Waals surface area (Å²) in [5, 5.41) is 72.1. The second-order valence-corrected chi connectivity index (χ2v) is 18.8. The lowest BCUT2D eigenvalue weighted by Gasteiger charge is -2.42. The van der Waals surface area contributed by atoms with Crippen LogP contribution in [0.3, 0.4) is 0 Å². The van der Waals surface area contributed by atoms with Crippen molar-refractivity contribution in [2.24, 2.45) is 0 Å². The highest BCUT2D eigenvalue weighted by molar-refractivity contribution is 5.70. The van der Waals surface area contributed by atoms with Crippen molar-refractivity contribution in [3.05, 3.63) is 48.6 Å². The fraction of sp³-hybridized carbons (Fsp3) is 0.815. The normalized spacial score (nSPS) is 25.9. The second-order valence-electron chi connectivity index (χ2n) is 18.8. The number of hydrogen-bond donors (Lipinski definition) is 7. The van der Waals surface area contributed by atoms with Crippen LogP contribution in [0.25, 0.3) is 0 Å². The van der Waals surface area contributed by atoms with Crippen LogP contribution in [-0.4, -0.2) is 142 Å². The van der Waals surface area contributed by atoms with Gasteiger partial charge in [0.1, 0.15) is 55.4 Å². The zero-order chi connectivity index (χ0) is 50.3. The van der Waals surface area contributed by atoms with E-state index in [2.05, 4.69) is 26.0 Å². The van der Waals surface area contributed by atoms with E-state index in [1.165, 1.54) is 89.9 Å². The predicted octanol–water partition coefficient (Wildman–Crippen LogP) is 7.88. The maximum Gasteiger partial charge on any atom is 0.306 e. The van der Waals surface area contributed by atoms with E-state index in [0.29, 0.717) is 12.8 Å². The summed E-state index contributed by atoms with van der Waals surface area (Å²) < 4.78 is 33.6. The van der Waals surface area contributed by atoms with Gasteiger partial charge in [-0.05, 0) is 32.1 Å². The van der Waals surface area contributed by atoms with E-state index in [1.54, 1.807) is 0 Å². The van der Waals surface area contributed by atoms with Crippen LogP contribution in [0.15, 0.2) is 48.6 Å². The summed E-state index contributed by atoms with van der Waals surface area (Å²) in [7, 11) is 0. The van der Waals surface area contributed by atoms with Gasteiger partial charge in [-0.1, -0.05) is 191 Å². The first-order valence-corrected chi connectivity index (χ1v) is 26.8. The van der Waals surface area contributed by atoms with Gasteiger partial charge >= 0.3 is 11.9 Å². The van der Waals surface area contributed by atoms with Gasteiger partial charge in [0.15, 0.2) is 18.7 Å². The SMILES string of the molecule is CC/C=C/C=C/C=C/C=C/CCCCCCCC(=O)O[C@@H](COC(=O)CCCCCCCCCCCCCCCCCCCC)CO[C@@H]1O[C@H](CO[C@@H]2O[C@H](CO)[C@H](O)C(O)C2O)[C@H](O)C(O)C1O. The summed E-state index contributed by atoms with van der Waals surface area (Å²) in [4.78, 5) is 25.8. The van der Waals surface area contributed by atoms with Crippen molar-refractivity contribution in [2.45, 2.75) is 255 Å². The van der Waals surface area contributed by atoms with Crippen LogP contribution in [0.1, 0.15) is 187 Å². The fourth-order valence-corrected chi connectivity index (χ4v) is 8.29. The minimum Gasteiger partial charge on any atom is -0.462 e. The molecule has 69 heavy (non-hydrogen) atoms. The van der Waals surface area contributed by atoms with E-state index in [4.69, 9.17) is 28.4 Å². The lowest BCUT2D eigenvalue weighted by Crippen LogP contribution is -2.61. The Bertz CT molecular complexity index is 1390. The maximum atomic E-state index is 13.0. The van der Waals surface area contributed by atoms with E-state index in [1.807, 2.05) is 36.5 Å². The minimum absolute atomic E-state index is 0.139. The molecule has 0 aromatic heterocycles. The van der Waals surface area contributed by atoms with Crippen LogP contribution in [-0.2, 0) is 38.0 Å². The highest BCUT2D eigenvalue weighted by atomic mass is 16.7. The molecule has 2 rings (SSSR count). The van der Waals surface area contributed by atoms with E-state index in [0.717, 1.165) is 57.8 Å². The van der Waals surface area contributed by atoms with Crippen molar-refractivity contribution < 1.29 is 73.8 Å². The molecule has 2 aliphatic rings. The molecule has 0 aromatic rings. The Morgan fingerprint density at radius 1 is 0.478 bits per heavy atom. The summed E-state index contributed by atoms with van der Waals surface area (Å²) in [6, 6.07) is 0. The van der Waals surface area contributed by atoms with Gasteiger partial charge in [-0.15, -0.1) is 0 Å². The number of aliphatic hydroxyl groups is 7. The van der Waals surface area contributed by atoms with Crippen molar-refractivity contribution in [1.82, 2.24) is 0 Å². The van der Waals surface area contributed by atoms with Crippen LogP contribution < -0.4 is 0 Å². The van der Waals surface area contributed by atoms with Gasteiger partial charge in [0.25, 0.3) is 0 Å². The monoisotopic (exact) mass is 983 g/mol. The lowest BCUT2D eigenvalue weighted by molar-refractivity contribution is -0.332. The lowest BCUT2D eigenvalue weighted by atomic mass is 9.98. The Kier molecular flexibility index (Phi) is 37.2. The van der Waals surface area contributed by atoms with E-state index < -0.39 is 99.3 Å². The van der Waals surface area contributed by atoms with Gasteiger partial charge in [0.05, 0.1) is 19.8 Å². The van der Waals surface area contributed by atoms with Crippen molar-refractivity contribution in [3.63, 3.8) is 0 Å². The molecule has 0 aromatic carbocycles. The van der Waals surface area contributed by atoms with Crippen LogP contribution >= 0.6 is 0 Å². The average molecular weight is 983 g/mol. The third kappa shape index (κ3) is 28.9. The molecule has 0 bridgehead atoms. The van der Waals surface area contributed by atoms with Crippen LogP contribution in [0.2, 0.25) is 0 Å². The second kappa shape index (κ2) is 41.0. The topological polar surface area (TPSA) is 231 Å². The molecule has 7 N–H and O–H groups in total. The molecule has 11 atom stereocenters. The largest absolute Gasteiger partial charge is 0.462 e. The summed E-state index contributed by atoms with van der Waals surface area (Å²) in [5.41, 5.74) is 0. The standard InChI is InChI=1S/C54H94O15/c1-3-5-7-9-11-13-15-17-19-20-21-23-24-26-28-30-32-34-36-45(56)64-39-42(67-46(57)37-35-33-31-29-27-25-22-18-16-14-12-10-8-6-4-2)40-65-53-52(63)50(61)48(59)44(69-53)41-66-54-51(62)49(60)47(58)43(38-55)68-54/h6,8,10,12,14,16,18,22,42-44,47-55,58-63H,3-5,7,9,11,13,15,17,19-21,23-41H2,1-2H3/b8-6+,12-10+,16-14+,22-18+/t42-,43+,44+,47-,48-,49?,50?,51?,52?,53+,54+/m0/s1. The third-order valence-corrected chi connectivity index (χ3v) is 12.7. The summed E-state index contributed by atoms with van der Waals surface area (Å²) in [5.74, 6) is -0.948. The third-order valence-electron chi connectivity index (χ3n) is 12.7. The molecule has 15 nitrogen and oxygen atoms in total. The molecule has 0 amide bonds. The first-order valence-electron chi connectivity index (χ1n) is 26.8. The van der Waals surface area contributed by atoms with E-state index >= 15 is 0 Å². The predicted molar refractivity (Wildman–Crippen MR) is 266 cm³/mol. The minimum atomic E-state index is -1.77. The number of ether oxygens (including phenoxy) is 6. The Morgan fingerprint density at radius 2 is 0.913 bits per heavy atom. The molecule has 0 radical (unpaired) electrons. The molecule has 2 aliphatic heterocycles. The van der Waals surface area contributed by atoms with Crippen molar-refractivity contribution in [1.29, 1.82) is 0 Å². The van der Waals surface area contributed by atoms with Gasteiger partial charge in [-0.3, -0.25) is 9.59 Å². The van der Waals surface area contributed by atoms with Gasteiger partial charge < -0.3 is 64.2 Å². The molecule has 15 heteroatoms. The van der Waals surface area contributed by atoms with Crippen molar-refractivity contribution in [2.75, 3.05) is 26.4 Å². The number of carbonyl (C=O) groups is 2. The summed E-state index contributed by atoms with van der Waals surface area (Å²) >= 11 is 0. The number of esters is 2. The van der Waals surface area contributed by atoms with Crippen molar-refractivity contribution in [3.8, 4) is 0 Å². The van der Waals surface area contributed by atoms with Gasteiger partial charge in [-0.25, -0.2) is 0 Å². The summed E-state index contributed by atoms with van der Waals surface area (Å²) in [6.07, 6.45) is 28.5. The number of allylic oxidation sites excluding steroid dienone is 8. The van der Waals surface area contributed by atoms with E-state index in [9.17, 15) is 45.3 Å². The maximum absolute atomic E-state index is 13.0. The molecule has 0 spiro atoms. The molecule has 2 heterocycles. The number of carbonyl (C=O) groups excluding carboxylic acids is 2. The highest BCUT2D eigenvalue weighted by Crippen LogP contribution is 2.26. The molecule has 0 aliphatic carbocycles. The van der Waals surface area contributed by atoms with Crippen LogP contribution in [0, 0.1) is 0 Å². The average Bonchev–Trinajstić information content (AvgIpc) is 3.34. The van der Waals surface area contributed by atoms with Gasteiger partial charge in [-0.2, -0.15) is 0 Å². The Hall–Kier alpha value is -2.54. The Balaban J connectivity index is 1.79. The zero-order valence-electron chi connectivity index (χ0n) is 42.3. The quantitative estimate of drug-likeness (QED) is 0.0176. The zero-order valence-corrected chi connectivity index (χ0v) is 42.3. The molecule has 400 valence electrons. The summed E-state index contributed by atoms with van der Waals surface area (Å²) in [6.45, 7) is 2.44. The van der Waals surface area contributed by atoms with Gasteiger partial charge in [0.2, 0.25) is 0 Å². The van der Waals surface area contributed by atoms with E-state index in [-0.39, 0.29) is 19.4 Å². The van der Waals surface area contributed by atoms with Crippen LogP contribution in [0.4, 0.5) is 0 Å². The number of rotatable bonds is 41. The molecular formula is C54H94O15. The highest BCUT2D eigenvalue weighted by Gasteiger charge is 2.47. The van der Waals surface area contributed by atoms with Crippen LogP contribution in [0.5, 0.6) is 0 Å². The molecule has 2 saturated heterocycles. The van der Waals surface area contributed by atoms with Crippen molar-refractivity contribution >= 4 is 11.9 Å². The molecule has 2 fully saturated rings. The number of aliphatic hydroxyl groups excluding tert-OH is 7. The molecular weight excluding hydrogens is 889 g/mol. The number of unbranched alkanes of at least 4 members (excludes halogenated alkanes) is 22. The van der Waals surface area contributed by atoms with Gasteiger partial charge in [0, 0.05) is 12.8 Å². The first kappa shape index (κ1) is 62.6. The fourth-order valence-electron chi connectivity index (χ4n) is 8.29.